The van der Waals surface area contributed by atoms with Gasteiger partial charge in [0.15, 0.2) is 0 Å². The molecule has 1 heterocycles. The topological polar surface area (TPSA) is 66.8 Å². The number of amides is 1. The van der Waals surface area contributed by atoms with E-state index >= 15 is 0 Å². The summed E-state index contributed by atoms with van der Waals surface area (Å²) in [5.41, 5.74) is 0. The van der Waals surface area contributed by atoms with Gasteiger partial charge >= 0.3 is 12.1 Å². The molecular formula is C14H27N2O4+. The summed E-state index contributed by atoms with van der Waals surface area (Å²) in [4.78, 5) is 24.2. The molecule has 116 valence electrons. The fourth-order valence-electron chi connectivity index (χ4n) is 2.25. The Morgan fingerprint density at radius 3 is 2.30 bits per heavy atom. The second-order valence-electron chi connectivity index (χ2n) is 6.43. The smallest absolute Gasteiger partial charge is 0.409 e. The average molecular weight is 287 g/mol. The van der Waals surface area contributed by atoms with E-state index in [1.165, 1.54) is 0 Å². The monoisotopic (exact) mass is 287 g/mol. The van der Waals surface area contributed by atoms with Crippen molar-refractivity contribution < 1.29 is 23.9 Å². The predicted molar refractivity (Wildman–Crippen MR) is 75.4 cm³/mol. The zero-order valence-electron chi connectivity index (χ0n) is 12.8. The first-order valence-electron chi connectivity index (χ1n) is 7.24. The lowest BCUT2D eigenvalue weighted by Crippen LogP contribution is -2.40. The minimum absolute atomic E-state index is 0.306. The second-order valence-corrected chi connectivity index (χ2v) is 6.43. The number of aliphatic carboxylic acids is 1. The lowest BCUT2D eigenvalue weighted by atomic mass is 9.97. The molecule has 0 radical (unpaired) electrons. The van der Waals surface area contributed by atoms with Gasteiger partial charge in [-0.1, -0.05) is 0 Å². The highest BCUT2D eigenvalue weighted by molar-refractivity contribution is 5.71. The largest absolute Gasteiger partial charge is 0.481 e. The molecule has 0 aromatic carbocycles. The second kappa shape index (κ2) is 7.47. The number of hydrogen-bond acceptors (Lipinski definition) is 3. The first-order valence-corrected chi connectivity index (χ1v) is 7.24. The van der Waals surface area contributed by atoms with Crippen molar-refractivity contribution in [3.63, 3.8) is 0 Å². The highest BCUT2D eigenvalue weighted by atomic mass is 16.6. The highest BCUT2D eigenvalue weighted by Gasteiger charge is 2.27. The highest BCUT2D eigenvalue weighted by Crippen LogP contribution is 2.17. The molecule has 0 unspecified atom stereocenters. The molecule has 6 heteroatoms. The van der Waals surface area contributed by atoms with Crippen LogP contribution in [0.3, 0.4) is 0 Å². The molecule has 1 rings (SSSR count). The Morgan fingerprint density at radius 2 is 1.80 bits per heavy atom. The van der Waals surface area contributed by atoms with E-state index in [4.69, 9.17) is 9.84 Å². The number of carboxylic acid groups (broad SMARTS) is 1. The van der Waals surface area contributed by atoms with Crippen molar-refractivity contribution in [3.05, 3.63) is 0 Å². The summed E-state index contributed by atoms with van der Waals surface area (Å²) in [6.07, 6.45) is 2.63. The van der Waals surface area contributed by atoms with Crippen LogP contribution in [-0.2, 0) is 9.53 Å². The van der Waals surface area contributed by atoms with Gasteiger partial charge in [-0.3, -0.25) is 4.79 Å². The number of rotatable bonds is 6. The van der Waals surface area contributed by atoms with Crippen LogP contribution >= 0.6 is 0 Å². The molecule has 0 aliphatic carbocycles. The van der Waals surface area contributed by atoms with Crippen molar-refractivity contribution in [2.24, 2.45) is 5.92 Å². The summed E-state index contributed by atoms with van der Waals surface area (Å²) in [6, 6.07) is 0. The fourth-order valence-corrected chi connectivity index (χ4v) is 2.25. The van der Waals surface area contributed by atoms with Crippen molar-refractivity contribution in [1.29, 1.82) is 0 Å². The van der Waals surface area contributed by atoms with Crippen LogP contribution in [0.15, 0.2) is 0 Å². The lowest BCUT2D eigenvalue weighted by Gasteiger charge is -2.29. The molecule has 0 atom stereocenters. The van der Waals surface area contributed by atoms with Crippen LogP contribution in [0.1, 0.15) is 25.7 Å². The summed E-state index contributed by atoms with van der Waals surface area (Å²) in [5.74, 6) is -1.08. The average Bonchev–Trinajstić information content (AvgIpc) is 2.37. The van der Waals surface area contributed by atoms with E-state index in [-0.39, 0.29) is 12.0 Å². The Balaban J connectivity index is 2.13. The summed E-state index contributed by atoms with van der Waals surface area (Å²) < 4.78 is 6.14. The first-order chi connectivity index (χ1) is 9.29. The molecule has 1 saturated heterocycles. The minimum atomic E-state index is -0.765. The number of carbonyl (C=O) groups excluding carboxylic acids is 1. The summed E-state index contributed by atoms with van der Waals surface area (Å²) in [6.45, 7) is 2.46. The van der Waals surface area contributed by atoms with Gasteiger partial charge < -0.3 is 19.2 Å². The maximum Gasteiger partial charge on any atom is 0.409 e. The number of quaternary nitrogens is 1. The van der Waals surface area contributed by atoms with E-state index in [2.05, 4.69) is 21.1 Å². The standard InChI is InChI=1S/C14H26N2O4/c1-16(2,3)10-4-5-11-20-14(19)15-8-6-12(7-9-15)13(17)18/h12H,4-11H2,1-3H3/p+1. The molecule has 0 bridgehead atoms. The third kappa shape index (κ3) is 6.23. The van der Waals surface area contributed by atoms with E-state index in [0.717, 1.165) is 23.9 Å². The van der Waals surface area contributed by atoms with Gasteiger partial charge in [0.1, 0.15) is 0 Å². The Labute approximate surface area is 120 Å². The van der Waals surface area contributed by atoms with Crippen molar-refractivity contribution in [2.45, 2.75) is 25.7 Å². The number of unbranched alkanes of at least 4 members (excludes halogenated alkanes) is 1. The van der Waals surface area contributed by atoms with E-state index in [1.54, 1.807) is 4.90 Å². The molecule has 20 heavy (non-hydrogen) atoms. The Bertz CT molecular complexity index is 331. The summed E-state index contributed by atoms with van der Waals surface area (Å²) in [7, 11) is 6.41. The number of carboxylic acids is 1. The number of ether oxygens (including phenoxy) is 1. The lowest BCUT2D eigenvalue weighted by molar-refractivity contribution is -0.870. The molecule has 1 aliphatic heterocycles. The van der Waals surface area contributed by atoms with E-state index in [1.807, 2.05) is 0 Å². The number of hydrogen-bond donors (Lipinski definition) is 1. The van der Waals surface area contributed by atoms with Gasteiger partial charge in [-0.25, -0.2) is 4.79 Å². The Morgan fingerprint density at radius 1 is 1.20 bits per heavy atom. The van der Waals surface area contributed by atoms with Gasteiger partial charge in [0.2, 0.25) is 0 Å². The molecular weight excluding hydrogens is 260 g/mol. The van der Waals surface area contributed by atoms with Crippen molar-refractivity contribution in [3.8, 4) is 0 Å². The number of carbonyl (C=O) groups is 2. The van der Waals surface area contributed by atoms with Crippen molar-refractivity contribution in [2.75, 3.05) is 47.4 Å². The van der Waals surface area contributed by atoms with Crippen LogP contribution in [-0.4, -0.2) is 73.9 Å². The third-order valence-corrected chi connectivity index (χ3v) is 3.55. The molecule has 1 amide bonds. The molecule has 1 aliphatic rings. The van der Waals surface area contributed by atoms with Gasteiger partial charge in [-0.05, 0) is 25.7 Å². The quantitative estimate of drug-likeness (QED) is 0.592. The third-order valence-electron chi connectivity index (χ3n) is 3.55. The maximum atomic E-state index is 11.8. The molecule has 6 nitrogen and oxygen atoms in total. The van der Waals surface area contributed by atoms with Crippen LogP contribution in [0.5, 0.6) is 0 Å². The van der Waals surface area contributed by atoms with Crippen molar-refractivity contribution in [1.82, 2.24) is 4.90 Å². The zero-order chi connectivity index (χ0) is 15.2. The number of nitrogens with zero attached hydrogens (tertiary/aromatic N) is 2. The van der Waals surface area contributed by atoms with Crippen molar-refractivity contribution >= 4 is 12.1 Å². The normalized spacial score (nSPS) is 17.1. The minimum Gasteiger partial charge on any atom is -0.481 e. The first kappa shape index (κ1) is 16.8. The summed E-state index contributed by atoms with van der Waals surface area (Å²) >= 11 is 0. The fraction of sp³-hybridized carbons (Fsp3) is 0.857. The van der Waals surface area contributed by atoms with Gasteiger partial charge in [-0.15, -0.1) is 0 Å². The zero-order valence-corrected chi connectivity index (χ0v) is 12.8. The van der Waals surface area contributed by atoms with Gasteiger partial charge in [0.25, 0.3) is 0 Å². The predicted octanol–water partition coefficient (Wildman–Crippen LogP) is 1.41. The SMILES string of the molecule is C[N+](C)(C)CCCCOC(=O)N1CCC(C(=O)O)CC1. The molecule has 0 spiro atoms. The maximum absolute atomic E-state index is 11.8. The van der Waals surface area contributed by atoms with Crippen LogP contribution < -0.4 is 0 Å². The van der Waals surface area contributed by atoms with Crippen LogP contribution in [0.2, 0.25) is 0 Å². The van der Waals surface area contributed by atoms with E-state index in [0.29, 0.717) is 32.5 Å². The molecule has 0 aromatic rings. The van der Waals surface area contributed by atoms with Crippen LogP contribution in [0.4, 0.5) is 4.79 Å². The molecule has 1 N–H and O–H groups in total. The van der Waals surface area contributed by atoms with Crippen LogP contribution in [0, 0.1) is 5.92 Å². The molecule has 0 aromatic heterocycles. The van der Waals surface area contributed by atoms with Gasteiger partial charge in [0, 0.05) is 13.1 Å². The Hall–Kier alpha value is -1.30. The van der Waals surface area contributed by atoms with E-state index < -0.39 is 5.97 Å². The van der Waals surface area contributed by atoms with E-state index in [9.17, 15) is 9.59 Å². The number of piperidine rings is 1. The van der Waals surface area contributed by atoms with Crippen LogP contribution in [0.25, 0.3) is 0 Å². The van der Waals surface area contributed by atoms with Gasteiger partial charge in [0.05, 0.1) is 40.2 Å². The molecule has 1 fully saturated rings. The summed E-state index contributed by atoms with van der Waals surface area (Å²) in [5, 5.41) is 8.89. The number of likely N-dealkylation sites (tertiary alicyclic amines) is 1. The van der Waals surface area contributed by atoms with Gasteiger partial charge in [-0.2, -0.15) is 0 Å². The Kier molecular flexibility index (Phi) is 6.26. The molecule has 0 saturated carbocycles.